The highest BCUT2D eigenvalue weighted by atomic mass is 32.1. The van der Waals surface area contributed by atoms with Gasteiger partial charge in [-0.3, -0.25) is 9.79 Å². The maximum atomic E-state index is 11.7. The number of rotatable bonds is 6. The number of amides is 1. The molecular weight excluding hydrogens is 322 g/mol. The Hall–Kier alpha value is -1.76. The average Bonchev–Trinajstić information content (AvgIpc) is 3.08. The third-order valence-electron chi connectivity index (χ3n) is 3.78. The van der Waals surface area contributed by atoms with Crippen molar-refractivity contribution in [2.24, 2.45) is 4.99 Å². The van der Waals surface area contributed by atoms with Gasteiger partial charge in [0, 0.05) is 45.2 Å². The highest BCUT2D eigenvalue weighted by molar-refractivity contribution is 7.14. The van der Waals surface area contributed by atoms with Crippen molar-refractivity contribution in [1.29, 1.82) is 0 Å². The van der Waals surface area contributed by atoms with Crippen LogP contribution in [0.3, 0.4) is 0 Å². The minimum absolute atomic E-state index is 0.0621. The van der Waals surface area contributed by atoms with Gasteiger partial charge in [-0.1, -0.05) is 0 Å². The Morgan fingerprint density at radius 1 is 1.33 bits per heavy atom. The number of carbonyl (C=O) groups excluding carboxylic acids is 1. The van der Waals surface area contributed by atoms with E-state index in [0.29, 0.717) is 13.0 Å². The number of carbonyl (C=O) groups is 1. The third kappa shape index (κ3) is 5.70. The second-order valence-corrected chi connectivity index (χ2v) is 7.06. The van der Waals surface area contributed by atoms with E-state index in [9.17, 15) is 4.79 Å². The number of anilines is 1. The van der Waals surface area contributed by atoms with E-state index in [4.69, 9.17) is 0 Å². The second kappa shape index (κ2) is 9.52. The average molecular weight is 352 g/mol. The number of hydrogen-bond donors (Lipinski definition) is 2. The van der Waals surface area contributed by atoms with Gasteiger partial charge in [0.25, 0.3) is 0 Å². The summed E-state index contributed by atoms with van der Waals surface area (Å²) >= 11 is 1.79. The van der Waals surface area contributed by atoms with Gasteiger partial charge >= 0.3 is 0 Å². The van der Waals surface area contributed by atoms with Gasteiger partial charge in [-0.15, -0.1) is 11.3 Å². The monoisotopic (exact) mass is 351 g/mol. The van der Waals surface area contributed by atoms with Crippen molar-refractivity contribution >= 4 is 28.2 Å². The van der Waals surface area contributed by atoms with E-state index >= 15 is 0 Å². The SMILES string of the molecule is CCNC(=NCCC(=O)NC(C)C)N1CCN(c2cccs2)CC1. The fraction of sp³-hybridized carbons (Fsp3) is 0.647. The lowest BCUT2D eigenvalue weighted by atomic mass is 10.3. The van der Waals surface area contributed by atoms with Gasteiger partial charge in [-0.05, 0) is 38.3 Å². The molecule has 2 N–H and O–H groups in total. The molecule has 1 saturated heterocycles. The molecule has 1 aliphatic heterocycles. The van der Waals surface area contributed by atoms with Crippen molar-refractivity contribution in [3.05, 3.63) is 17.5 Å². The molecule has 1 fully saturated rings. The first kappa shape index (κ1) is 18.6. The minimum atomic E-state index is 0.0621. The fourth-order valence-corrected chi connectivity index (χ4v) is 3.46. The van der Waals surface area contributed by atoms with Crippen LogP contribution in [0.2, 0.25) is 0 Å². The van der Waals surface area contributed by atoms with Gasteiger partial charge in [0.05, 0.1) is 11.5 Å². The molecule has 24 heavy (non-hydrogen) atoms. The molecule has 0 atom stereocenters. The molecule has 0 saturated carbocycles. The Labute approximate surface area is 148 Å². The lowest BCUT2D eigenvalue weighted by Gasteiger charge is -2.37. The molecule has 2 heterocycles. The number of nitrogens with zero attached hydrogens (tertiary/aromatic N) is 3. The largest absolute Gasteiger partial charge is 0.360 e. The van der Waals surface area contributed by atoms with Crippen LogP contribution >= 0.6 is 11.3 Å². The van der Waals surface area contributed by atoms with Gasteiger partial charge in [0.1, 0.15) is 0 Å². The Morgan fingerprint density at radius 3 is 2.67 bits per heavy atom. The summed E-state index contributed by atoms with van der Waals surface area (Å²) < 4.78 is 0. The van der Waals surface area contributed by atoms with Crippen LogP contribution in [0.25, 0.3) is 0 Å². The zero-order valence-corrected chi connectivity index (χ0v) is 15.7. The Morgan fingerprint density at radius 2 is 2.08 bits per heavy atom. The summed E-state index contributed by atoms with van der Waals surface area (Å²) in [5, 5.41) is 9.70. The molecule has 0 spiro atoms. The zero-order valence-electron chi connectivity index (χ0n) is 14.9. The molecule has 0 radical (unpaired) electrons. The van der Waals surface area contributed by atoms with E-state index in [1.807, 2.05) is 13.8 Å². The normalized spacial score (nSPS) is 15.8. The molecule has 7 heteroatoms. The van der Waals surface area contributed by atoms with Crippen LogP contribution < -0.4 is 15.5 Å². The summed E-state index contributed by atoms with van der Waals surface area (Å²) in [5.74, 6) is 0.979. The second-order valence-electron chi connectivity index (χ2n) is 6.13. The predicted molar refractivity (Wildman–Crippen MR) is 102 cm³/mol. The van der Waals surface area contributed by atoms with Crippen molar-refractivity contribution in [1.82, 2.24) is 15.5 Å². The van der Waals surface area contributed by atoms with Crippen LogP contribution in [0.1, 0.15) is 27.2 Å². The number of hydrogen-bond acceptors (Lipinski definition) is 4. The summed E-state index contributed by atoms with van der Waals surface area (Å²) in [7, 11) is 0. The lowest BCUT2D eigenvalue weighted by Crippen LogP contribution is -2.52. The standard InChI is InChI=1S/C17H29N5OS/c1-4-18-17(19-8-7-15(23)20-14(2)3)22-11-9-21(10-12-22)16-6-5-13-24-16/h5-6,13-14H,4,7-12H2,1-3H3,(H,18,19)(H,20,23). The molecule has 0 aromatic carbocycles. The van der Waals surface area contributed by atoms with Crippen LogP contribution in [0.15, 0.2) is 22.5 Å². The first-order valence-corrected chi connectivity index (χ1v) is 9.59. The van der Waals surface area contributed by atoms with E-state index in [2.05, 4.69) is 49.9 Å². The molecule has 0 aliphatic carbocycles. The topological polar surface area (TPSA) is 60.0 Å². The molecule has 0 unspecified atom stereocenters. The van der Waals surface area contributed by atoms with Gasteiger partial charge in [-0.25, -0.2) is 0 Å². The fourth-order valence-electron chi connectivity index (χ4n) is 2.67. The molecule has 2 rings (SSSR count). The zero-order chi connectivity index (χ0) is 17.4. The molecule has 134 valence electrons. The summed E-state index contributed by atoms with van der Waals surface area (Å²) in [4.78, 5) is 21.1. The minimum Gasteiger partial charge on any atom is -0.360 e. The van der Waals surface area contributed by atoms with Crippen LogP contribution in [0.5, 0.6) is 0 Å². The van der Waals surface area contributed by atoms with E-state index < -0.39 is 0 Å². The molecule has 6 nitrogen and oxygen atoms in total. The van der Waals surface area contributed by atoms with Crippen LogP contribution in [-0.4, -0.2) is 62.1 Å². The van der Waals surface area contributed by atoms with Crippen LogP contribution in [-0.2, 0) is 4.79 Å². The number of nitrogens with one attached hydrogen (secondary N) is 2. The number of piperazine rings is 1. The van der Waals surface area contributed by atoms with E-state index in [1.54, 1.807) is 11.3 Å². The number of thiophene rings is 1. The van der Waals surface area contributed by atoms with Gasteiger partial charge in [-0.2, -0.15) is 0 Å². The Kier molecular flexibility index (Phi) is 7.36. The summed E-state index contributed by atoms with van der Waals surface area (Å²) in [6, 6.07) is 4.45. The quantitative estimate of drug-likeness (QED) is 0.606. The third-order valence-corrected chi connectivity index (χ3v) is 4.71. The maximum Gasteiger partial charge on any atom is 0.222 e. The van der Waals surface area contributed by atoms with Gasteiger partial charge < -0.3 is 20.4 Å². The summed E-state index contributed by atoms with van der Waals surface area (Å²) in [6.07, 6.45) is 0.433. The first-order chi connectivity index (χ1) is 11.6. The van der Waals surface area contributed by atoms with E-state index in [-0.39, 0.29) is 11.9 Å². The lowest BCUT2D eigenvalue weighted by molar-refractivity contribution is -0.121. The molecular formula is C17H29N5OS. The van der Waals surface area contributed by atoms with Gasteiger partial charge in [0.2, 0.25) is 5.91 Å². The molecule has 0 bridgehead atoms. The van der Waals surface area contributed by atoms with Crippen LogP contribution in [0, 0.1) is 0 Å². The van der Waals surface area contributed by atoms with Crippen LogP contribution in [0.4, 0.5) is 5.00 Å². The van der Waals surface area contributed by atoms with Crippen molar-refractivity contribution in [2.45, 2.75) is 33.2 Å². The molecule has 1 aliphatic rings. The van der Waals surface area contributed by atoms with E-state index in [0.717, 1.165) is 38.7 Å². The molecule has 1 amide bonds. The van der Waals surface area contributed by atoms with Crippen molar-refractivity contribution in [2.75, 3.05) is 44.2 Å². The highest BCUT2D eigenvalue weighted by Crippen LogP contribution is 2.22. The first-order valence-electron chi connectivity index (χ1n) is 8.71. The predicted octanol–water partition coefficient (Wildman–Crippen LogP) is 1.75. The summed E-state index contributed by atoms with van der Waals surface area (Å²) in [6.45, 7) is 11.3. The summed E-state index contributed by atoms with van der Waals surface area (Å²) in [5.41, 5.74) is 0. The Bertz CT molecular complexity index is 521. The number of guanidine groups is 1. The molecule has 1 aromatic rings. The van der Waals surface area contributed by atoms with Crippen molar-refractivity contribution in [3.8, 4) is 0 Å². The Balaban J connectivity index is 1.84. The highest BCUT2D eigenvalue weighted by Gasteiger charge is 2.20. The molecule has 1 aromatic heterocycles. The van der Waals surface area contributed by atoms with Gasteiger partial charge in [0.15, 0.2) is 5.96 Å². The smallest absolute Gasteiger partial charge is 0.222 e. The maximum absolute atomic E-state index is 11.7. The van der Waals surface area contributed by atoms with Crippen molar-refractivity contribution in [3.63, 3.8) is 0 Å². The van der Waals surface area contributed by atoms with Crippen molar-refractivity contribution < 1.29 is 4.79 Å². The number of aliphatic imine (C=N–C) groups is 1. The van der Waals surface area contributed by atoms with E-state index in [1.165, 1.54) is 5.00 Å².